The zero-order valence-electron chi connectivity index (χ0n) is 11.6. The number of halogens is 1. The van der Waals surface area contributed by atoms with Gasteiger partial charge in [-0.1, -0.05) is 34.5 Å². The molecule has 18 heavy (non-hydrogen) atoms. The number of hydrogen-bond donors (Lipinski definition) is 0. The lowest BCUT2D eigenvalue weighted by atomic mass is 10.0. The maximum absolute atomic E-state index is 5.72. The van der Waals surface area contributed by atoms with Gasteiger partial charge in [-0.2, -0.15) is 0 Å². The van der Waals surface area contributed by atoms with Crippen LogP contribution >= 0.6 is 15.9 Å². The van der Waals surface area contributed by atoms with Crippen LogP contribution in [0.2, 0.25) is 0 Å². The second-order valence-corrected chi connectivity index (χ2v) is 5.97. The predicted octanol–water partition coefficient (Wildman–Crippen LogP) is 5.60. The first-order chi connectivity index (χ1) is 8.58. The molecular formula is C16H23BrO. The molecular weight excluding hydrogens is 288 g/mol. The predicted molar refractivity (Wildman–Crippen MR) is 82.1 cm³/mol. The molecule has 0 heterocycles. The lowest BCUT2D eigenvalue weighted by Gasteiger charge is -2.11. The van der Waals surface area contributed by atoms with E-state index < -0.39 is 0 Å². The van der Waals surface area contributed by atoms with Crippen LogP contribution < -0.4 is 4.74 Å². The molecule has 1 atom stereocenters. The van der Waals surface area contributed by atoms with Gasteiger partial charge in [0, 0.05) is 4.47 Å². The zero-order valence-corrected chi connectivity index (χ0v) is 13.2. The molecule has 1 aromatic carbocycles. The minimum absolute atomic E-state index is 0.719. The van der Waals surface area contributed by atoms with Gasteiger partial charge in [0.15, 0.2) is 0 Å². The Morgan fingerprint density at radius 2 is 1.89 bits per heavy atom. The fraction of sp³-hybridized carbons (Fsp3) is 0.500. The maximum atomic E-state index is 5.72. The molecule has 0 saturated heterocycles. The molecule has 2 heteroatoms. The third kappa shape index (κ3) is 6.85. The first-order valence-corrected chi connectivity index (χ1v) is 7.39. The third-order valence-electron chi connectivity index (χ3n) is 2.91. The summed E-state index contributed by atoms with van der Waals surface area (Å²) in [5.41, 5.74) is 1.41. The summed E-state index contributed by atoms with van der Waals surface area (Å²) in [6.45, 7) is 7.41. The van der Waals surface area contributed by atoms with Crippen LogP contribution in [0.3, 0.4) is 0 Å². The fourth-order valence-electron chi connectivity index (χ4n) is 1.71. The Morgan fingerprint density at radius 3 is 2.50 bits per heavy atom. The topological polar surface area (TPSA) is 9.23 Å². The van der Waals surface area contributed by atoms with E-state index in [1.165, 1.54) is 18.4 Å². The van der Waals surface area contributed by atoms with E-state index >= 15 is 0 Å². The monoisotopic (exact) mass is 310 g/mol. The van der Waals surface area contributed by atoms with Crippen LogP contribution in [0.25, 0.3) is 0 Å². The smallest absolute Gasteiger partial charge is 0.119 e. The van der Waals surface area contributed by atoms with Gasteiger partial charge in [-0.3, -0.25) is 0 Å². The number of ether oxygens (including phenoxy) is 1. The van der Waals surface area contributed by atoms with Gasteiger partial charge in [-0.25, -0.2) is 0 Å². The van der Waals surface area contributed by atoms with Crippen LogP contribution in [0, 0.1) is 5.92 Å². The first-order valence-electron chi connectivity index (χ1n) is 6.59. The van der Waals surface area contributed by atoms with Crippen LogP contribution in [0.15, 0.2) is 40.4 Å². The van der Waals surface area contributed by atoms with Crippen molar-refractivity contribution >= 4 is 15.9 Å². The lowest BCUT2D eigenvalue weighted by molar-refractivity contribution is 0.279. The standard InChI is InChI=1S/C16H23BrO/c1-13(2)5-4-6-14(3)11-12-18-16-9-7-15(17)8-10-16/h5,7-10,14H,4,6,11-12H2,1-3H3/t14-/m1/s1. The number of rotatable bonds is 7. The second kappa shape index (κ2) is 8.36. The summed E-state index contributed by atoms with van der Waals surface area (Å²) in [6.07, 6.45) is 5.86. The number of allylic oxidation sites excluding steroid dienone is 2. The minimum Gasteiger partial charge on any atom is -0.494 e. The Labute approximate surface area is 119 Å². The summed E-state index contributed by atoms with van der Waals surface area (Å²) >= 11 is 3.42. The highest BCUT2D eigenvalue weighted by Crippen LogP contribution is 2.17. The van der Waals surface area contributed by atoms with Gasteiger partial charge in [0.1, 0.15) is 5.75 Å². The molecule has 1 aromatic rings. The van der Waals surface area contributed by atoms with Crippen molar-refractivity contribution in [1.29, 1.82) is 0 Å². The quantitative estimate of drug-likeness (QED) is 0.595. The highest BCUT2D eigenvalue weighted by Gasteiger charge is 2.02. The summed E-state index contributed by atoms with van der Waals surface area (Å²) in [6, 6.07) is 8.01. The van der Waals surface area contributed by atoms with Gasteiger partial charge in [-0.15, -0.1) is 0 Å². The molecule has 0 aliphatic rings. The molecule has 0 aliphatic carbocycles. The average Bonchev–Trinajstić information content (AvgIpc) is 2.31. The van der Waals surface area contributed by atoms with Crippen LogP contribution in [-0.2, 0) is 0 Å². The first kappa shape index (κ1) is 15.3. The Balaban J connectivity index is 2.17. The molecule has 0 aromatic heterocycles. The molecule has 0 saturated carbocycles. The molecule has 1 rings (SSSR count). The third-order valence-corrected chi connectivity index (χ3v) is 3.43. The van der Waals surface area contributed by atoms with Crippen molar-refractivity contribution in [3.63, 3.8) is 0 Å². The van der Waals surface area contributed by atoms with E-state index in [1.54, 1.807) is 0 Å². The maximum Gasteiger partial charge on any atom is 0.119 e. The number of benzene rings is 1. The van der Waals surface area contributed by atoms with E-state index in [-0.39, 0.29) is 0 Å². The highest BCUT2D eigenvalue weighted by atomic mass is 79.9. The number of hydrogen-bond acceptors (Lipinski definition) is 1. The fourth-order valence-corrected chi connectivity index (χ4v) is 1.97. The van der Waals surface area contributed by atoms with Gasteiger partial charge in [0.05, 0.1) is 6.61 Å². The Kier molecular flexibility index (Phi) is 7.11. The van der Waals surface area contributed by atoms with Crippen LogP contribution in [0.4, 0.5) is 0 Å². The molecule has 0 fully saturated rings. The van der Waals surface area contributed by atoms with Crippen molar-refractivity contribution in [3.8, 4) is 5.75 Å². The molecule has 0 unspecified atom stereocenters. The van der Waals surface area contributed by atoms with Crippen molar-refractivity contribution in [1.82, 2.24) is 0 Å². The average molecular weight is 311 g/mol. The Bertz CT molecular complexity index is 363. The summed E-state index contributed by atoms with van der Waals surface area (Å²) in [5.74, 6) is 1.67. The highest BCUT2D eigenvalue weighted by molar-refractivity contribution is 9.10. The molecule has 0 radical (unpaired) electrons. The van der Waals surface area contributed by atoms with Crippen molar-refractivity contribution in [2.24, 2.45) is 5.92 Å². The summed E-state index contributed by atoms with van der Waals surface area (Å²) in [5, 5.41) is 0. The van der Waals surface area contributed by atoms with E-state index in [4.69, 9.17) is 4.74 Å². The second-order valence-electron chi connectivity index (χ2n) is 5.06. The van der Waals surface area contributed by atoms with Crippen molar-refractivity contribution in [2.75, 3.05) is 6.61 Å². The molecule has 0 spiro atoms. The van der Waals surface area contributed by atoms with Gasteiger partial charge < -0.3 is 4.74 Å². The molecule has 0 N–H and O–H groups in total. The normalized spacial score (nSPS) is 12.0. The summed E-state index contributed by atoms with van der Waals surface area (Å²) in [7, 11) is 0. The van der Waals surface area contributed by atoms with E-state index in [9.17, 15) is 0 Å². The molecule has 0 aliphatic heterocycles. The summed E-state index contributed by atoms with van der Waals surface area (Å²) in [4.78, 5) is 0. The van der Waals surface area contributed by atoms with Crippen molar-refractivity contribution in [3.05, 3.63) is 40.4 Å². The molecule has 100 valence electrons. The SMILES string of the molecule is CC(C)=CCC[C@@H](C)CCOc1ccc(Br)cc1. The van der Waals surface area contributed by atoms with Gasteiger partial charge in [0.25, 0.3) is 0 Å². The molecule has 0 amide bonds. The van der Waals surface area contributed by atoms with Crippen LogP contribution in [-0.4, -0.2) is 6.61 Å². The lowest BCUT2D eigenvalue weighted by Crippen LogP contribution is -2.04. The molecule has 0 bridgehead atoms. The van der Waals surface area contributed by atoms with Crippen molar-refractivity contribution < 1.29 is 4.74 Å². The minimum atomic E-state index is 0.719. The van der Waals surface area contributed by atoms with E-state index in [0.717, 1.165) is 29.2 Å². The Hall–Kier alpha value is -0.760. The largest absolute Gasteiger partial charge is 0.494 e. The van der Waals surface area contributed by atoms with Gasteiger partial charge in [0.2, 0.25) is 0 Å². The van der Waals surface area contributed by atoms with E-state index in [1.807, 2.05) is 24.3 Å². The van der Waals surface area contributed by atoms with Gasteiger partial charge >= 0.3 is 0 Å². The van der Waals surface area contributed by atoms with E-state index in [0.29, 0.717) is 0 Å². The van der Waals surface area contributed by atoms with Crippen LogP contribution in [0.1, 0.15) is 40.0 Å². The zero-order chi connectivity index (χ0) is 13.4. The van der Waals surface area contributed by atoms with Crippen LogP contribution in [0.5, 0.6) is 5.75 Å². The van der Waals surface area contributed by atoms with E-state index in [2.05, 4.69) is 42.8 Å². The van der Waals surface area contributed by atoms with Gasteiger partial charge in [-0.05, 0) is 63.3 Å². The molecule has 1 nitrogen and oxygen atoms in total. The summed E-state index contributed by atoms with van der Waals surface area (Å²) < 4.78 is 6.81. The Morgan fingerprint density at radius 1 is 1.22 bits per heavy atom. The van der Waals surface area contributed by atoms with Crippen molar-refractivity contribution in [2.45, 2.75) is 40.0 Å².